The van der Waals surface area contributed by atoms with E-state index in [0.29, 0.717) is 23.5 Å². The number of para-hydroxylation sites is 1. The first-order chi connectivity index (χ1) is 13.2. The molecule has 0 radical (unpaired) electrons. The summed E-state index contributed by atoms with van der Waals surface area (Å²) in [4.78, 5) is 12.7. The Labute approximate surface area is 159 Å². The Hall–Kier alpha value is -2.95. The van der Waals surface area contributed by atoms with Crippen molar-refractivity contribution in [3.05, 3.63) is 72.2 Å². The quantitative estimate of drug-likeness (QED) is 0.572. The van der Waals surface area contributed by atoms with Crippen molar-refractivity contribution in [2.75, 3.05) is 6.54 Å². The summed E-state index contributed by atoms with van der Waals surface area (Å²) < 4.78 is 15.8. The molecule has 0 saturated carbocycles. The van der Waals surface area contributed by atoms with Gasteiger partial charge < -0.3 is 5.32 Å². The average molecular weight is 365 g/mol. The van der Waals surface area contributed by atoms with Gasteiger partial charge in [0.15, 0.2) is 0 Å². The number of amides is 1. The lowest BCUT2D eigenvalue weighted by atomic mass is 10.1. The van der Waals surface area contributed by atoms with E-state index in [1.165, 1.54) is 6.07 Å². The van der Waals surface area contributed by atoms with Crippen LogP contribution in [0.25, 0.3) is 16.9 Å². The molecule has 0 spiro atoms. The SMILES string of the molecule is CCCCCCNC(=O)c1cc(-c2ccccc2F)nn1-c1ccccc1. The summed E-state index contributed by atoms with van der Waals surface area (Å²) in [6.45, 7) is 2.77. The second-order valence-corrected chi connectivity index (χ2v) is 6.46. The lowest BCUT2D eigenvalue weighted by molar-refractivity contribution is 0.0945. The van der Waals surface area contributed by atoms with E-state index in [0.717, 1.165) is 31.4 Å². The predicted octanol–water partition coefficient (Wildman–Crippen LogP) is 4.99. The number of aromatic nitrogens is 2. The maximum atomic E-state index is 14.2. The van der Waals surface area contributed by atoms with Crippen LogP contribution in [0.1, 0.15) is 43.1 Å². The second kappa shape index (κ2) is 9.12. The monoisotopic (exact) mass is 365 g/mol. The van der Waals surface area contributed by atoms with Crippen molar-refractivity contribution in [1.82, 2.24) is 15.1 Å². The van der Waals surface area contributed by atoms with Crippen molar-refractivity contribution in [3.8, 4) is 16.9 Å². The van der Waals surface area contributed by atoms with Gasteiger partial charge in [-0.25, -0.2) is 9.07 Å². The summed E-state index contributed by atoms with van der Waals surface area (Å²) in [5.41, 5.74) is 1.98. The van der Waals surface area contributed by atoms with Gasteiger partial charge in [-0.2, -0.15) is 5.10 Å². The number of rotatable bonds is 8. The van der Waals surface area contributed by atoms with Gasteiger partial charge in [-0.15, -0.1) is 0 Å². The first-order valence-electron chi connectivity index (χ1n) is 9.39. The lowest BCUT2D eigenvalue weighted by Gasteiger charge is -2.08. The molecular weight excluding hydrogens is 341 g/mol. The summed E-state index contributed by atoms with van der Waals surface area (Å²) in [5, 5.41) is 7.46. The van der Waals surface area contributed by atoms with E-state index in [2.05, 4.69) is 17.3 Å². The molecule has 0 aliphatic heterocycles. The van der Waals surface area contributed by atoms with Crippen molar-refractivity contribution < 1.29 is 9.18 Å². The topological polar surface area (TPSA) is 46.9 Å². The van der Waals surface area contributed by atoms with Crippen LogP contribution in [0.5, 0.6) is 0 Å². The second-order valence-electron chi connectivity index (χ2n) is 6.46. The van der Waals surface area contributed by atoms with E-state index < -0.39 is 0 Å². The molecule has 3 aromatic rings. The Bertz CT molecular complexity index is 890. The highest BCUT2D eigenvalue weighted by Crippen LogP contribution is 2.24. The molecule has 0 fully saturated rings. The minimum Gasteiger partial charge on any atom is -0.351 e. The summed E-state index contributed by atoms with van der Waals surface area (Å²) in [5.74, 6) is -0.563. The molecule has 1 amide bonds. The Kier molecular flexibility index (Phi) is 6.36. The van der Waals surface area contributed by atoms with E-state index in [4.69, 9.17) is 0 Å². The highest BCUT2D eigenvalue weighted by atomic mass is 19.1. The van der Waals surface area contributed by atoms with Crippen molar-refractivity contribution >= 4 is 5.91 Å². The van der Waals surface area contributed by atoms with E-state index in [1.807, 2.05) is 30.3 Å². The first-order valence-corrected chi connectivity index (χ1v) is 9.39. The van der Waals surface area contributed by atoms with Crippen LogP contribution in [-0.4, -0.2) is 22.2 Å². The third-order valence-corrected chi connectivity index (χ3v) is 4.41. The van der Waals surface area contributed by atoms with Gasteiger partial charge in [0.05, 0.1) is 11.4 Å². The van der Waals surface area contributed by atoms with Gasteiger partial charge >= 0.3 is 0 Å². The number of nitrogens with zero attached hydrogens (tertiary/aromatic N) is 2. The fourth-order valence-electron chi connectivity index (χ4n) is 2.95. The van der Waals surface area contributed by atoms with Gasteiger partial charge in [0, 0.05) is 12.1 Å². The molecule has 0 unspecified atom stereocenters. The summed E-state index contributed by atoms with van der Waals surface area (Å²) in [6, 6.07) is 17.5. The average Bonchev–Trinajstić information content (AvgIpc) is 3.14. The predicted molar refractivity (Wildman–Crippen MR) is 105 cm³/mol. The minimum absolute atomic E-state index is 0.203. The number of carbonyl (C=O) groups excluding carboxylic acids is 1. The highest BCUT2D eigenvalue weighted by molar-refractivity contribution is 5.94. The number of carbonyl (C=O) groups is 1. The third-order valence-electron chi connectivity index (χ3n) is 4.41. The summed E-state index contributed by atoms with van der Waals surface area (Å²) in [7, 11) is 0. The molecule has 140 valence electrons. The van der Waals surface area contributed by atoms with Crippen molar-refractivity contribution in [3.63, 3.8) is 0 Å². The molecule has 0 aliphatic carbocycles. The Morgan fingerprint density at radius 3 is 2.52 bits per heavy atom. The molecule has 3 rings (SSSR count). The Morgan fingerprint density at radius 2 is 1.78 bits per heavy atom. The molecule has 4 nitrogen and oxygen atoms in total. The van der Waals surface area contributed by atoms with Gasteiger partial charge in [-0.3, -0.25) is 4.79 Å². The number of benzene rings is 2. The first kappa shape index (κ1) is 18.8. The maximum absolute atomic E-state index is 14.2. The van der Waals surface area contributed by atoms with Crippen molar-refractivity contribution in [1.29, 1.82) is 0 Å². The van der Waals surface area contributed by atoms with Crippen LogP contribution in [0.2, 0.25) is 0 Å². The smallest absolute Gasteiger partial charge is 0.270 e. The maximum Gasteiger partial charge on any atom is 0.270 e. The molecule has 27 heavy (non-hydrogen) atoms. The molecule has 5 heteroatoms. The largest absolute Gasteiger partial charge is 0.351 e. The molecule has 1 aromatic heterocycles. The molecular formula is C22H24FN3O. The molecule has 0 bridgehead atoms. The van der Waals surface area contributed by atoms with Gasteiger partial charge in [-0.05, 0) is 36.8 Å². The normalized spacial score (nSPS) is 10.7. The van der Waals surface area contributed by atoms with Crippen LogP contribution >= 0.6 is 0 Å². The zero-order valence-corrected chi connectivity index (χ0v) is 15.5. The fourth-order valence-corrected chi connectivity index (χ4v) is 2.95. The van der Waals surface area contributed by atoms with Gasteiger partial charge in [0.25, 0.3) is 5.91 Å². The van der Waals surface area contributed by atoms with Crippen LogP contribution in [0.4, 0.5) is 4.39 Å². The molecule has 1 N–H and O–H groups in total. The standard InChI is InChI=1S/C22H24FN3O/c1-2-3-4-10-15-24-22(27)21-16-20(18-13-8-9-14-19(18)23)25-26(21)17-11-6-5-7-12-17/h5-9,11-14,16H,2-4,10,15H2,1H3,(H,24,27). The molecule has 0 atom stereocenters. The molecule has 0 saturated heterocycles. The van der Waals surface area contributed by atoms with Crippen molar-refractivity contribution in [2.45, 2.75) is 32.6 Å². The van der Waals surface area contributed by atoms with Gasteiger partial charge in [0.1, 0.15) is 11.5 Å². The number of hydrogen-bond donors (Lipinski definition) is 1. The Morgan fingerprint density at radius 1 is 1.04 bits per heavy atom. The van der Waals surface area contributed by atoms with Crippen LogP contribution in [-0.2, 0) is 0 Å². The molecule has 2 aromatic carbocycles. The van der Waals surface area contributed by atoms with Crippen LogP contribution in [0.3, 0.4) is 0 Å². The molecule has 0 aliphatic rings. The van der Waals surface area contributed by atoms with E-state index in [9.17, 15) is 9.18 Å². The van der Waals surface area contributed by atoms with Crippen LogP contribution in [0.15, 0.2) is 60.7 Å². The number of hydrogen-bond acceptors (Lipinski definition) is 2. The fraction of sp³-hybridized carbons (Fsp3) is 0.273. The van der Waals surface area contributed by atoms with E-state index in [-0.39, 0.29) is 11.7 Å². The molecule has 1 heterocycles. The van der Waals surface area contributed by atoms with E-state index >= 15 is 0 Å². The minimum atomic E-state index is -0.360. The summed E-state index contributed by atoms with van der Waals surface area (Å²) in [6.07, 6.45) is 4.35. The van der Waals surface area contributed by atoms with Gasteiger partial charge in [0.2, 0.25) is 0 Å². The summed E-state index contributed by atoms with van der Waals surface area (Å²) >= 11 is 0. The number of nitrogens with one attached hydrogen (secondary N) is 1. The van der Waals surface area contributed by atoms with Gasteiger partial charge in [-0.1, -0.05) is 56.5 Å². The van der Waals surface area contributed by atoms with Crippen LogP contribution < -0.4 is 5.32 Å². The Balaban J connectivity index is 1.89. The number of halogens is 1. The highest BCUT2D eigenvalue weighted by Gasteiger charge is 2.18. The zero-order valence-electron chi connectivity index (χ0n) is 15.5. The lowest BCUT2D eigenvalue weighted by Crippen LogP contribution is -2.26. The van der Waals surface area contributed by atoms with E-state index in [1.54, 1.807) is 28.9 Å². The zero-order chi connectivity index (χ0) is 19.1. The van der Waals surface area contributed by atoms with Crippen LogP contribution in [0, 0.1) is 5.82 Å². The third kappa shape index (κ3) is 4.61. The number of unbranched alkanes of at least 4 members (excludes halogenated alkanes) is 3. The van der Waals surface area contributed by atoms with Crippen molar-refractivity contribution in [2.24, 2.45) is 0 Å².